The van der Waals surface area contributed by atoms with Crippen molar-refractivity contribution in [2.24, 2.45) is 0 Å². The summed E-state index contributed by atoms with van der Waals surface area (Å²) in [5.74, 6) is 0.155. The molecule has 1 aromatic carbocycles. The van der Waals surface area contributed by atoms with E-state index in [4.69, 9.17) is 4.74 Å². The van der Waals surface area contributed by atoms with Crippen molar-refractivity contribution in [2.75, 3.05) is 13.7 Å². The zero-order valence-electron chi connectivity index (χ0n) is 7.56. The number of hydrogen-bond acceptors (Lipinski definition) is 2. The third-order valence-corrected chi connectivity index (χ3v) is 2.39. The van der Waals surface area contributed by atoms with Crippen molar-refractivity contribution in [1.82, 2.24) is 5.32 Å². The number of halogens is 1. The normalized spacial score (nSPS) is 15.2. The molecule has 2 nitrogen and oxygen atoms in total. The van der Waals surface area contributed by atoms with E-state index in [1.165, 1.54) is 7.11 Å². The Morgan fingerprint density at radius 1 is 1.46 bits per heavy atom. The highest BCUT2D eigenvalue weighted by atomic mass is 19.1. The number of hydrogen-bond donors (Lipinski definition) is 1. The van der Waals surface area contributed by atoms with Crippen LogP contribution in [0.5, 0.6) is 5.75 Å². The Labute approximate surface area is 76.7 Å². The number of benzene rings is 1. The van der Waals surface area contributed by atoms with Gasteiger partial charge in [-0.3, -0.25) is 0 Å². The summed E-state index contributed by atoms with van der Waals surface area (Å²) < 4.78 is 18.5. The predicted molar refractivity (Wildman–Crippen MR) is 48.4 cm³/mol. The van der Waals surface area contributed by atoms with Crippen molar-refractivity contribution in [3.63, 3.8) is 0 Å². The molecule has 0 saturated carbocycles. The molecule has 13 heavy (non-hydrogen) atoms. The smallest absolute Gasteiger partial charge is 0.168 e. The van der Waals surface area contributed by atoms with Crippen molar-refractivity contribution in [3.8, 4) is 5.75 Å². The average Bonchev–Trinajstić information content (AvgIpc) is 2.19. The van der Waals surface area contributed by atoms with E-state index in [1.807, 2.05) is 6.07 Å². The molecule has 0 aromatic heterocycles. The highest BCUT2D eigenvalue weighted by molar-refractivity contribution is 5.38. The molecule has 0 spiro atoms. The first-order chi connectivity index (χ1) is 6.33. The van der Waals surface area contributed by atoms with E-state index >= 15 is 0 Å². The molecule has 0 unspecified atom stereocenters. The van der Waals surface area contributed by atoms with E-state index in [-0.39, 0.29) is 5.82 Å². The summed E-state index contributed by atoms with van der Waals surface area (Å²) in [6.07, 6.45) is 0.748. The van der Waals surface area contributed by atoms with Crippen molar-refractivity contribution >= 4 is 0 Å². The van der Waals surface area contributed by atoms with Crippen molar-refractivity contribution in [2.45, 2.75) is 13.0 Å². The fraction of sp³-hybridized carbons (Fsp3) is 0.400. The largest absolute Gasteiger partial charge is 0.494 e. The maximum Gasteiger partial charge on any atom is 0.168 e. The minimum atomic E-state index is -0.193. The lowest BCUT2D eigenvalue weighted by Gasteiger charge is -2.18. The van der Waals surface area contributed by atoms with Crippen molar-refractivity contribution < 1.29 is 9.13 Å². The van der Waals surface area contributed by atoms with Gasteiger partial charge in [-0.15, -0.1) is 0 Å². The summed E-state index contributed by atoms with van der Waals surface area (Å²) >= 11 is 0. The SMILES string of the molecule is COc1ccc2c(c1F)CCNC2. The maximum atomic E-state index is 13.6. The first-order valence-corrected chi connectivity index (χ1v) is 4.38. The van der Waals surface area contributed by atoms with Gasteiger partial charge in [-0.25, -0.2) is 4.39 Å². The number of rotatable bonds is 1. The van der Waals surface area contributed by atoms with Crippen LogP contribution in [0.1, 0.15) is 11.1 Å². The second-order valence-electron chi connectivity index (χ2n) is 3.15. The lowest BCUT2D eigenvalue weighted by molar-refractivity contribution is 0.382. The van der Waals surface area contributed by atoms with Gasteiger partial charge in [0.25, 0.3) is 0 Å². The van der Waals surface area contributed by atoms with Crippen LogP contribution in [0.3, 0.4) is 0 Å². The highest BCUT2D eigenvalue weighted by Gasteiger charge is 2.16. The second kappa shape index (κ2) is 3.34. The van der Waals surface area contributed by atoms with Gasteiger partial charge in [-0.05, 0) is 30.2 Å². The number of ether oxygens (including phenoxy) is 1. The molecular weight excluding hydrogens is 169 g/mol. The molecule has 1 N–H and O–H groups in total. The third kappa shape index (κ3) is 1.40. The zero-order chi connectivity index (χ0) is 9.26. The lowest BCUT2D eigenvalue weighted by Crippen LogP contribution is -2.24. The average molecular weight is 181 g/mol. The second-order valence-corrected chi connectivity index (χ2v) is 3.15. The van der Waals surface area contributed by atoms with Gasteiger partial charge in [0.1, 0.15) is 0 Å². The zero-order valence-corrected chi connectivity index (χ0v) is 7.56. The van der Waals surface area contributed by atoms with Gasteiger partial charge in [0.2, 0.25) is 0 Å². The van der Waals surface area contributed by atoms with Crippen LogP contribution in [0.25, 0.3) is 0 Å². The van der Waals surface area contributed by atoms with Crippen LogP contribution in [-0.2, 0) is 13.0 Å². The molecule has 70 valence electrons. The molecule has 0 aliphatic carbocycles. The fourth-order valence-electron chi connectivity index (χ4n) is 1.67. The fourth-order valence-corrected chi connectivity index (χ4v) is 1.67. The van der Waals surface area contributed by atoms with Gasteiger partial charge in [-0.1, -0.05) is 6.07 Å². The topological polar surface area (TPSA) is 21.3 Å². The molecule has 0 bridgehead atoms. The van der Waals surface area contributed by atoms with E-state index in [0.29, 0.717) is 5.75 Å². The maximum absolute atomic E-state index is 13.6. The highest BCUT2D eigenvalue weighted by Crippen LogP contribution is 2.25. The van der Waals surface area contributed by atoms with Gasteiger partial charge in [0.05, 0.1) is 7.11 Å². The Morgan fingerprint density at radius 3 is 3.08 bits per heavy atom. The van der Waals surface area contributed by atoms with Crippen LogP contribution in [0.4, 0.5) is 4.39 Å². The van der Waals surface area contributed by atoms with E-state index in [0.717, 1.165) is 30.6 Å². The summed E-state index contributed by atoms with van der Waals surface area (Å²) in [6, 6.07) is 3.60. The monoisotopic (exact) mass is 181 g/mol. The summed E-state index contributed by atoms with van der Waals surface area (Å²) in [5.41, 5.74) is 1.85. The Morgan fingerprint density at radius 2 is 2.31 bits per heavy atom. The van der Waals surface area contributed by atoms with Crippen LogP contribution >= 0.6 is 0 Å². The molecule has 1 aliphatic rings. The molecule has 1 heterocycles. The molecule has 1 aromatic rings. The van der Waals surface area contributed by atoms with Gasteiger partial charge < -0.3 is 10.1 Å². The number of fused-ring (bicyclic) bond motifs is 1. The van der Waals surface area contributed by atoms with Crippen LogP contribution in [0.2, 0.25) is 0 Å². The predicted octanol–water partition coefficient (Wildman–Crippen LogP) is 1.48. The standard InChI is InChI=1S/C10H12FNO/c1-13-9-3-2-7-6-12-5-4-8(7)10(9)11/h2-3,12H,4-6H2,1H3. The van der Waals surface area contributed by atoms with Gasteiger partial charge in [-0.2, -0.15) is 0 Å². The summed E-state index contributed by atoms with van der Waals surface area (Å²) in [5, 5.41) is 3.20. The Hall–Kier alpha value is -1.09. The van der Waals surface area contributed by atoms with Gasteiger partial charge in [0.15, 0.2) is 11.6 Å². The van der Waals surface area contributed by atoms with E-state index in [9.17, 15) is 4.39 Å². The minimum Gasteiger partial charge on any atom is -0.494 e. The summed E-state index contributed by atoms with van der Waals surface area (Å²) in [7, 11) is 1.49. The van der Waals surface area contributed by atoms with Gasteiger partial charge >= 0.3 is 0 Å². The quantitative estimate of drug-likeness (QED) is 0.708. The first kappa shape index (κ1) is 8.51. The molecular formula is C10H12FNO. The summed E-state index contributed by atoms with van der Waals surface area (Å²) in [6.45, 7) is 1.60. The van der Waals surface area contributed by atoms with Crippen molar-refractivity contribution in [1.29, 1.82) is 0 Å². The molecule has 3 heteroatoms. The van der Waals surface area contributed by atoms with Gasteiger partial charge in [0, 0.05) is 6.54 Å². The molecule has 0 radical (unpaired) electrons. The molecule has 0 fully saturated rings. The number of nitrogens with one attached hydrogen (secondary N) is 1. The molecule has 0 amide bonds. The Kier molecular flexibility index (Phi) is 2.19. The lowest BCUT2D eigenvalue weighted by atomic mass is 10.0. The van der Waals surface area contributed by atoms with E-state index in [1.54, 1.807) is 6.07 Å². The third-order valence-electron chi connectivity index (χ3n) is 2.39. The van der Waals surface area contributed by atoms with E-state index in [2.05, 4.69) is 5.32 Å². The Balaban J connectivity index is 2.48. The van der Waals surface area contributed by atoms with Crippen LogP contribution < -0.4 is 10.1 Å². The van der Waals surface area contributed by atoms with Crippen LogP contribution in [0, 0.1) is 5.82 Å². The van der Waals surface area contributed by atoms with Crippen molar-refractivity contribution in [3.05, 3.63) is 29.1 Å². The number of methoxy groups -OCH3 is 1. The minimum absolute atomic E-state index is 0.193. The molecule has 1 aliphatic heterocycles. The molecule has 0 atom stereocenters. The van der Waals surface area contributed by atoms with Crippen LogP contribution in [-0.4, -0.2) is 13.7 Å². The first-order valence-electron chi connectivity index (χ1n) is 4.38. The Bertz CT molecular complexity index is 325. The summed E-state index contributed by atoms with van der Waals surface area (Å²) in [4.78, 5) is 0. The van der Waals surface area contributed by atoms with E-state index < -0.39 is 0 Å². The van der Waals surface area contributed by atoms with Crippen LogP contribution in [0.15, 0.2) is 12.1 Å². The molecule has 2 rings (SSSR count). The molecule has 0 saturated heterocycles.